The van der Waals surface area contributed by atoms with Gasteiger partial charge in [-0.05, 0) is 30.3 Å². The molecule has 0 saturated carbocycles. The Morgan fingerprint density at radius 3 is 2.47 bits per heavy atom. The van der Waals surface area contributed by atoms with E-state index < -0.39 is 17.5 Å². The molecule has 2 aromatic rings. The molecule has 0 unspecified atom stereocenters. The smallest absolute Gasteiger partial charge is 0.288 e. The molecule has 1 aromatic carbocycles. The molecule has 6 heteroatoms. The highest BCUT2D eigenvalue weighted by atomic mass is 35.5. The SMILES string of the molecule is O=C(c1cccnc1)c1ccc(C(F)(F)F)cc1Cl. The molecule has 0 bridgehead atoms. The van der Waals surface area contributed by atoms with Gasteiger partial charge in [-0.3, -0.25) is 9.78 Å². The quantitative estimate of drug-likeness (QED) is 0.781. The van der Waals surface area contributed by atoms with Crippen LogP contribution in [0, 0.1) is 0 Å². The van der Waals surface area contributed by atoms with Gasteiger partial charge in [0.2, 0.25) is 0 Å². The molecule has 0 aliphatic carbocycles. The summed E-state index contributed by atoms with van der Waals surface area (Å²) in [4.78, 5) is 15.8. The number of alkyl halides is 3. The lowest BCUT2D eigenvalue weighted by Crippen LogP contribution is -2.07. The number of aromatic nitrogens is 1. The van der Waals surface area contributed by atoms with E-state index >= 15 is 0 Å². The van der Waals surface area contributed by atoms with Gasteiger partial charge in [0.25, 0.3) is 0 Å². The number of carbonyl (C=O) groups is 1. The maximum Gasteiger partial charge on any atom is 0.416 e. The molecule has 2 rings (SSSR count). The van der Waals surface area contributed by atoms with Crippen molar-refractivity contribution in [3.8, 4) is 0 Å². The van der Waals surface area contributed by atoms with Crippen LogP contribution in [0.5, 0.6) is 0 Å². The van der Waals surface area contributed by atoms with Crippen molar-refractivity contribution < 1.29 is 18.0 Å². The molecule has 0 radical (unpaired) electrons. The fraction of sp³-hybridized carbons (Fsp3) is 0.0769. The molecule has 0 saturated heterocycles. The van der Waals surface area contributed by atoms with E-state index in [2.05, 4.69) is 4.98 Å². The van der Waals surface area contributed by atoms with Crippen molar-refractivity contribution in [3.63, 3.8) is 0 Å². The number of pyridine rings is 1. The van der Waals surface area contributed by atoms with E-state index in [4.69, 9.17) is 11.6 Å². The number of nitrogens with zero attached hydrogens (tertiary/aromatic N) is 1. The maximum absolute atomic E-state index is 12.5. The fourth-order valence-corrected chi connectivity index (χ4v) is 1.79. The highest BCUT2D eigenvalue weighted by Crippen LogP contribution is 2.32. The standard InChI is InChI=1S/C13H7ClF3NO/c14-11-6-9(13(15,16)17)3-4-10(11)12(19)8-2-1-5-18-7-8/h1-7H. The zero-order valence-electron chi connectivity index (χ0n) is 9.41. The van der Waals surface area contributed by atoms with Crippen LogP contribution >= 0.6 is 11.6 Å². The van der Waals surface area contributed by atoms with Crippen molar-refractivity contribution in [2.75, 3.05) is 0 Å². The average molecular weight is 286 g/mol. The second-order valence-corrected chi connectivity index (χ2v) is 4.17. The highest BCUT2D eigenvalue weighted by Gasteiger charge is 2.31. The first-order valence-corrected chi connectivity index (χ1v) is 5.59. The largest absolute Gasteiger partial charge is 0.416 e. The number of benzene rings is 1. The molecule has 1 heterocycles. The van der Waals surface area contributed by atoms with Crippen LogP contribution in [0.4, 0.5) is 13.2 Å². The molecule has 0 fully saturated rings. The zero-order valence-corrected chi connectivity index (χ0v) is 10.2. The molecule has 0 atom stereocenters. The molecule has 98 valence electrons. The van der Waals surface area contributed by atoms with Gasteiger partial charge >= 0.3 is 6.18 Å². The number of carbonyl (C=O) groups excluding carboxylic acids is 1. The summed E-state index contributed by atoms with van der Waals surface area (Å²) in [6.07, 6.45) is -1.67. The van der Waals surface area contributed by atoms with Crippen LogP contribution < -0.4 is 0 Å². The molecule has 0 aliphatic heterocycles. The normalized spacial score (nSPS) is 11.4. The first-order chi connectivity index (χ1) is 8.89. The van der Waals surface area contributed by atoms with E-state index in [1.807, 2.05) is 0 Å². The average Bonchev–Trinajstić information content (AvgIpc) is 2.38. The van der Waals surface area contributed by atoms with Crippen LogP contribution in [-0.2, 0) is 6.18 Å². The first-order valence-electron chi connectivity index (χ1n) is 5.21. The van der Waals surface area contributed by atoms with E-state index in [0.717, 1.165) is 18.2 Å². The van der Waals surface area contributed by atoms with Crippen LogP contribution in [-0.4, -0.2) is 10.8 Å². The van der Waals surface area contributed by atoms with Crippen molar-refractivity contribution in [2.24, 2.45) is 0 Å². The van der Waals surface area contributed by atoms with Crippen LogP contribution in [0.25, 0.3) is 0 Å². The van der Waals surface area contributed by atoms with E-state index in [9.17, 15) is 18.0 Å². The lowest BCUT2D eigenvalue weighted by molar-refractivity contribution is -0.137. The van der Waals surface area contributed by atoms with Crippen molar-refractivity contribution in [3.05, 3.63) is 64.4 Å². The monoisotopic (exact) mass is 285 g/mol. The Bertz CT molecular complexity index is 611. The summed E-state index contributed by atoms with van der Waals surface area (Å²) in [6.45, 7) is 0. The van der Waals surface area contributed by atoms with Crippen molar-refractivity contribution in [1.29, 1.82) is 0 Å². The molecule has 0 spiro atoms. The second kappa shape index (κ2) is 5.01. The Kier molecular flexibility index (Phi) is 3.57. The fourth-order valence-electron chi connectivity index (χ4n) is 1.53. The molecule has 0 amide bonds. The minimum Gasteiger partial charge on any atom is -0.288 e. The van der Waals surface area contributed by atoms with Crippen LogP contribution in [0.2, 0.25) is 5.02 Å². The Balaban J connectivity index is 2.40. The van der Waals surface area contributed by atoms with E-state index in [-0.39, 0.29) is 16.1 Å². The number of rotatable bonds is 2. The number of hydrogen-bond donors (Lipinski definition) is 0. The Morgan fingerprint density at radius 2 is 1.95 bits per heavy atom. The molecule has 0 N–H and O–H groups in total. The summed E-state index contributed by atoms with van der Waals surface area (Å²) >= 11 is 5.74. The predicted octanol–water partition coefficient (Wildman–Crippen LogP) is 3.98. The molecule has 1 aromatic heterocycles. The third-order valence-corrected chi connectivity index (χ3v) is 2.78. The van der Waals surface area contributed by atoms with E-state index in [1.165, 1.54) is 18.5 Å². The lowest BCUT2D eigenvalue weighted by Gasteiger charge is -2.09. The molecule has 2 nitrogen and oxygen atoms in total. The third kappa shape index (κ3) is 2.93. The Hall–Kier alpha value is -1.88. The van der Waals surface area contributed by atoms with Gasteiger partial charge < -0.3 is 0 Å². The van der Waals surface area contributed by atoms with Gasteiger partial charge in [0.05, 0.1) is 10.6 Å². The van der Waals surface area contributed by atoms with Gasteiger partial charge in [-0.2, -0.15) is 13.2 Å². The second-order valence-electron chi connectivity index (χ2n) is 3.76. The van der Waals surface area contributed by atoms with Crippen LogP contribution in [0.1, 0.15) is 21.5 Å². The van der Waals surface area contributed by atoms with Gasteiger partial charge in [0.15, 0.2) is 5.78 Å². The molecular formula is C13H7ClF3NO. The van der Waals surface area contributed by atoms with E-state index in [1.54, 1.807) is 6.07 Å². The topological polar surface area (TPSA) is 30.0 Å². The zero-order chi connectivity index (χ0) is 14.0. The Labute approximate surface area is 111 Å². The minimum atomic E-state index is -4.49. The van der Waals surface area contributed by atoms with Gasteiger partial charge in [-0.1, -0.05) is 11.6 Å². The molecule has 19 heavy (non-hydrogen) atoms. The summed E-state index contributed by atoms with van der Waals surface area (Å²) in [5, 5.41) is -0.233. The number of halogens is 4. The Morgan fingerprint density at radius 1 is 1.21 bits per heavy atom. The first kappa shape index (κ1) is 13.5. The summed E-state index contributed by atoms with van der Waals surface area (Å²) in [5.74, 6) is -0.466. The van der Waals surface area contributed by atoms with E-state index in [0.29, 0.717) is 0 Å². The van der Waals surface area contributed by atoms with Gasteiger partial charge in [-0.15, -0.1) is 0 Å². The van der Waals surface area contributed by atoms with Crippen LogP contribution in [0.15, 0.2) is 42.7 Å². The van der Waals surface area contributed by atoms with Crippen molar-refractivity contribution in [1.82, 2.24) is 4.98 Å². The minimum absolute atomic E-state index is 0.0164. The van der Waals surface area contributed by atoms with Gasteiger partial charge in [0.1, 0.15) is 0 Å². The summed E-state index contributed by atoms with van der Waals surface area (Å²) in [7, 11) is 0. The number of hydrogen-bond acceptors (Lipinski definition) is 2. The highest BCUT2D eigenvalue weighted by molar-refractivity contribution is 6.35. The molecule has 0 aliphatic rings. The number of ketones is 1. The van der Waals surface area contributed by atoms with Gasteiger partial charge in [-0.25, -0.2) is 0 Å². The lowest BCUT2D eigenvalue weighted by atomic mass is 10.0. The molecular weight excluding hydrogens is 279 g/mol. The predicted molar refractivity (Wildman–Crippen MR) is 64.1 cm³/mol. The summed E-state index contributed by atoms with van der Waals surface area (Å²) in [6, 6.07) is 5.72. The van der Waals surface area contributed by atoms with Gasteiger partial charge in [0, 0.05) is 23.5 Å². The van der Waals surface area contributed by atoms with Crippen LogP contribution in [0.3, 0.4) is 0 Å². The summed E-state index contributed by atoms with van der Waals surface area (Å²) < 4.78 is 37.4. The summed E-state index contributed by atoms with van der Waals surface area (Å²) in [5.41, 5.74) is -0.605. The third-order valence-electron chi connectivity index (χ3n) is 2.46. The maximum atomic E-state index is 12.5. The van der Waals surface area contributed by atoms with Crippen molar-refractivity contribution in [2.45, 2.75) is 6.18 Å². The van der Waals surface area contributed by atoms with Crippen molar-refractivity contribution >= 4 is 17.4 Å².